The van der Waals surface area contributed by atoms with Gasteiger partial charge in [0.2, 0.25) is 0 Å². The third kappa shape index (κ3) is 17.8. The van der Waals surface area contributed by atoms with Crippen LogP contribution in [0.25, 0.3) is 44.8 Å². The number of hydrogen-bond donors (Lipinski definition) is 8. The van der Waals surface area contributed by atoms with Crippen LogP contribution in [0.1, 0.15) is 113 Å². The van der Waals surface area contributed by atoms with E-state index in [4.69, 9.17) is 10.2 Å². The van der Waals surface area contributed by atoms with E-state index in [0.717, 1.165) is 0 Å². The van der Waals surface area contributed by atoms with E-state index >= 15 is 0 Å². The number of aromatic nitrogens is 2. The molecule has 8 aromatic rings. The van der Waals surface area contributed by atoms with Crippen molar-refractivity contribution in [3.8, 4) is 44.8 Å². The Labute approximate surface area is 523 Å². The maximum absolute atomic E-state index is 14.0. The van der Waals surface area contributed by atoms with E-state index < -0.39 is 72.5 Å². The van der Waals surface area contributed by atoms with E-state index in [1.165, 1.54) is 48.5 Å². The summed E-state index contributed by atoms with van der Waals surface area (Å²) in [5.41, 5.74) is 7.79. The zero-order chi connectivity index (χ0) is 60.8. The van der Waals surface area contributed by atoms with Gasteiger partial charge in [-0.1, -0.05) is 88.4 Å². The summed E-state index contributed by atoms with van der Waals surface area (Å²) in [7, 11) is 0. The van der Waals surface area contributed by atoms with Gasteiger partial charge in [-0.3, -0.25) is 19.2 Å². The van der Waals surface area contributed by atoms with Gasteiger partial charge in [-0.2, -0.15) is 0 Å². The normalized spacial score (nSPS) is 12.6. The molecule has 0 bridgehead atoms. The van der Waals surface area contributed by atoms with Crippen LogP contribution in [0.4, 0.5) is 28.9 Å². The van der Waals surface area contributed by atoms with Crippen LogP contribution < -0.4 is 10.6 Å². The summed E-state index contributed by atoms with van der Waals surface area (Å²) in [6, 6.07) is 41.2. The Bertz CT molecular complexity index is 3290. The number of para-hydroxylation sites is 2. The van der Waals surface area contributed by atoms with E-state index in [0.29, 0.717) is 78.7 Å². The zero-order valence-corrected chi connectivity index (χ0v) is 49.8. The van der Waals surface area contributed by atoms with Gasteiger partial charge in [0.15, 0.2) is 0 Å². The maximum Gasteiger partial charge on any atom is 2.00 e. The molecule has 0 aliphatic carbocycles. The first-order valence-corrected chi connectivity index (χ1v) is 27.5. The number of anilines is 2. The Morgan fingerprint density at radius 2 is 0.718 bits per heavy atom. The molecule has 19 heteroatoms. The largest absolute Gasteiger partial charge is 2.00 e. The molecule has 0 spiro atoms. The smallest absolute Gasteiger partial charge is 1.00 e. The summed E-state index contributed by atoms with van der Waals surface area (Å²) in [5, 5.41) is 65.4. The fourth-order valence-corrected chi connectivity index (χ4v) is 10.4. The topological polar surface area (TPSA) is 224 Å². The van der Waals surface area contributed by atoms with E-state index in [1.54, 1.807) is 97.1 Å². The van der Waals surface area contributed by atoms with Crippen molar-refractivity contribution in [3.05, 3.63) is 204 Å². The quantitative estimate of drug-likeness (QED) is 0.0211. The molecule has 0 saturated carbocycles. The molecule has 0 unspecified atom stereocenters. The number of benzene rings is 6. The minimum Gasteiger partial charge on any atom is -1.00 e. The van der Waals surface area contributed by atoms with Crippen LogP contribution in [0.3, 0.4) is 0 Å². The molecule has 85 heavy (non-hydrogen) atoms. The van der Waals surface area contributed by atoms with Crippen molar-refractivity contribution >= 4 is 72.9 Å². The molecular weight excluding hydrogens is 1120 g/mol. The first kappa shape index (κ1) is 66.7. The Hall–Kier alpha value is -7.42. The number of nitrogens with one attached hydrogen (secondary N) is 2. The first-order valence-electron chi connectivity index (χ1n) is 27.5. The van der Waals surface area contributed by atoms with Gasteiger partial charge in [-0.15, -0.1) is 0 Å². The summed E-state index contributed by atoms with van der Waals surface area (Å²) in [6.45, 7) is 8.13. The number of halogens is 4. The molecule has 0 fully saturated rings. The van der Waals surface area contributed by atoms with Crippen LogP contribution in [-0.2, 0) is 22.7 Å². The van der Waals surface area contributed by atoms with Gasteiger partial charge >= 0.3 is 49.7 Å². The van der Waals surface area contributed by atoms with Crippen LogP contribution >= 0.6 is 0 Å². The van der Waals surface area contributed by atoms with Gasteiger partial charge in [0.1, 0.15) is 23.3 Å². The SMILES string of the molecule is CC(C)c1c(C(=O)Nc2ccccc2)c(-c2ccc(F)cc2)c(-c2ccc(F)cc2)n1CC[C@@H](O)C[C@@H](O)CC(=O)O.CC(C)c1c(C(=O)Nc2ccccc2)c(-c2ccc(F)cc2)c(-c2ccc(F)cc2)n1CC[C@@H](O)C[C@@H](O)CC(=O)O.[Ca+2].[H-].[H-]. The predicted octanol–water partition coefficient (Wildman–Crippen LogP) is 12.7. The second kappa shape index (κ2) is 31.1. The number of rotatable bonds is 24. The van der Waals surface area contributed by atoms with Gasteiger partial charge in [0, 0.05) is 47.0 Å². The standard InChI is InChI=1S/2C33H34F2N2O5.Ca.2H/c2*1-20(2)31-30(33(42)36-25-6-4-3-5-7-25)29(21-8-12-23(34)13-9-21)32(22-10-14-24(35)15-11-22)37(31)17-16-26(38)18-27(39)19-28(40)41;;;/h2*3-15,20,26-27,38-39H,16-19H2,1-2H3,(H,36,42)(H,40,41);;;/q;;+2;2*-1/t2*26-,27-;;;/m11.../s1. The summed E-state index contributed by atoms with van der Waals surface area (Å²) in [5.74, 6) is -5.24. The van der Waals surface area contributed by atoms with Gasteiger partial charge in [0.25, 0.3) is 11.8 Å². The number of carboxylic acids is 2. The minimum atomic E-state index is -1.22. The van der Waals surface area contributed by atoms with E-state index in [2.05, 4.69) is 10.6 Å². The average Bonchev–Trinajstić information content (AvgIpc) is 1.70. The van der Waals surface area contributed by atoms with Gasteiger partial charge in [0.05, 0.1) is 59.8 Å². The predicted molar refractivity (Wildman–Crippen MR) is 322 cm³/mol. The van der Waals surface area contributed by atoms with Crippen LogP contribution in [0.5, 0.6) is 0 Å². The molecule has 4 atom stereocenters. The molecule has 14 nitrogen and oxygen atoms in total. The molecule has 444 valence electrons. The molecule has 0 saturated heterocycles. The number of nitrogens with zero attached hydrogens (tertiary/aromatic N) is 2. The Morgan fingerprint density at radius 3 is 0.988 bits per heavy atom. The first-order chi connectivity index (χ1) is 40.1. The molecule has 0 aliphatic heterocycles. The molecule has 8 rings (SSSR count). The summed E-state index contributed by atoms with van der Waals surface area (Å²) in [6.07, 6.45) is -5.46. The number of carbonyl (C=O) groups excluding carboxylic acids is 2. The number of amides is 2. The van der Waals surface area contributed by atoms with Crippen LogP contribution in [0.15, 0.2) is 158 Å². The number of aliphatic hydroxyl groups is 4. The number of aliphatic carboxylic acids is 2. The van der Waals surface area contributed by atoms with Crippen molar-refractivity contribution in [2.45, 2.75) is 116 Å². The molecular formula is C66H70CaF4N4O10. The van der Waals surface area contributed by atoms with Crippen molar-refractivity contribution in [3.63, 3.8) is 0 Å². The summed E-state index contributed by atoms with van der Waals surface area (Å²) < 4.78 is 59.9. The monoisotopic (exact) mass is 1190 g/mol. The van der Waals surface area contributed by atoms with E-state index in [9.17, 15) is 57.2 Å². The Kier molecular flexibility index (Phi) is 24.4. The fourth-order valence-electron chi connectivity index (χ4n) is 10.4. The number of hydrogen-bond acceptors (Lipinski definition) is 8. The van der Waals surface area contributed by atoms with Gasteiger partial charge in [-0.05, 0) is 157 Å². The molecule has 0 radical (unpaired) electrons. The fraction of sp³-hybridized carbons (Fsp3) is 0.273. The molecule has 0 aliphatic rings. The van der Waals surface area contributed by atoms with Crippen molar-refractivity contribution < 1.29 is 70.2 Å². The van der Waals surface area contributed by atoms with Crippen LogP contribution in [0.2, 0.25) is 0 Å². The number of aliphatic hydroxyl groups excluding tert-OH is 4. The average molecular weight is 1200 g/mol. The van der Waals surface area contributed by atoms with Crippen molar-refractivity contribution in [1.29, 1.82) is 0 Å². The van der Waals surface area contributed by atoms with Gasteiger partial charge < -0.3 is 53.3 Å². The van der Waals surface area contributed by atoms with E-state index in [1.807, 2.05) is 49.0 Å². The minimum absolute atomic E-state index is 0. The molecule has 8 N–H and O–H groups in total. The summed E-state index contributed by atoms with van der Waals surface area (Å²) in [4.78, 5) is 50.0. The second-order valence-electron chi connectivity index (χ2n) is 21.1. The molecule has 6 aromatic carbocycles. The van der Waals surface area contributed by atoms with Crippen LogP contribution in [-0.4, -0.2) is 126 Å². The van der Waals surface area contributed by atoms with Crippen LogP contribution in [0, 0.1) is 23.3 Å². The third-order valence-electron chi connectivity index (χ3n) is 14.0. The zero-order valence-electron chi connectivity index (χ0n) is 49.6. The third-order valence-corrected chi connectivity index (χ3v) is 14.0. The van der Waals surface area contributed by atoms with Crippen molar-refractivity contribution in [2.75, 3.05) is 10.6 Å². The summed E-state index contributed by atoms with van der Waals surface area (Å²) >= 11 is 0. The molecule has 2 aromatic heterocycles. The van der Waals surface area contributed by atoms with E-state index in [-0.39, 0.29) is 103 Å². The second-order valence-corrected chi connectivity index (χ2v) is 21.1. The molecule has 2 amide bonds. The van der Waals surface area contributed by atoms with Crippen molar-refractivity contribution in [2.24, 2.45) is 0 Å². The maximum atomic E-state index is 14.0. The Morgan fingerprint density at radius 1 is 0.435 bits per heavy atom. The number of carboxylic acid groups (broad SMARTS) is 2. The Balaban J connectivity index is 0.000000360. The van der Waals surface area contributed by atoms with Gasteiger partial charge in [-0.25, -0.2) is 17.6 Å². The van der Waals surface area contributed by atoms with Crippen molar-refractivity contribution in [1.82, 2.24) is 9.13 Å². The molecule has 2 heterocycles. The number of carbonyl (C=O) groups is 4.